The number of amides is 2. The van der Waals surface area contributed by atoms with Crippen LogP contribution in [0.25, 0.3) is 5.69 Å². The molecular weight excluding hydrogens is 434 g/mol. The maximum atomic E-state index is 12.9. The van der Waals surface area contributed by atoms with Crippen molar-refractivity contribution in [1.29, 1.82) is 0 Å². The van der Waals surface area contributed by atoms with Gasteiger partial charge in [-0.05, 0) is 25.1 Å². The number of hydrogen-bond donors (Lipinski definition) is 2. The molecule has 0 fully saturated rings. The van der Waals surface area contributed by atoms with Crippen molar-refractivity contribution in [1.82, 2.24) is 20.1 Å². The molecule has 1 unspecified atom stereocenters. The molecule has 34 heavy (non-hydrogen) atoms. The van der Waals surface area contributed by atoms with Crippen molar-refractivity contribution >= 4 is 23.1 Å². The number of benzene rings is 3. The van der Waals surface area contributed by atoms with Gasteiger partial charge in [-0.3, -0.25) is 19.7 Å². The molecule has 2 amide bonds. The van der Waals surface area contributed by atoms with Crippen LogP contribution in [0.3, 0.4) is 0 Å². The summed E-state index contributed by atoms with van der Waals surface area (Å²) in [7, 11) is 0. The predicted molar refractivity (Wildman–Crippen MR) is 126 cm³/mol. The van der Waals surface area contributed by atoms with Crippen molar-refractivity contribution in [2.24, 2.45) is 4.99 Å². The van der Waals surface area contributed by atoms with Gasteiger partial charge in [-0.1, -0.05) is 48.5 Å². The van der Waals surface area contributed by atoms with Gasteiger partial charge in [-0.15, -0.1) is 10.2 Å². The minimum atomic E-state index is -0.832. The van der Waals surface area contributed by atoms with Crippen LogP contribution < -0.4 is 10.6 Å². The number of anilines is 1. The molecule has 5 rings (SSSR count). The molecule has 0 aliphatic carbocycles. The lowest BCUT2D eigenvalue weighted by molar-refractivity contribution is -0.384. The molecule has 1 aliphatic heterocycles. The van der Waals surface area contributed by atoms with E-state index in [2.05, 4.69) is 20.8 Å². The number of non-ortho nitro benzene ring substituents is 1. The van der Waals surface area contributed by atoms with Crippen LogP contribution in [0.4, 0.5) is 16.2 Å². The Morgan fingerprint density at radius 1 is 0.971 bits per heavy atom. The van der Waals surface area contributed by atoms with E-state index in [0.29, 0.717) is 23.0 Å². The summed E-state index contributed by atoms with van der Waals surface area (Å²) in [6.45, 7) is 1.84. The smallest absolute Gasteiger partial charge is 0.309 e. The fourth-order valence-corrected chi connectivity index (χ4v) is 3.86. The van der Waals surface area contributed by atoms with E-state index in [1.807, 2.05) is 66.1 Å². The maximum Gasteiger partial charge on any atom is 0.321 e. The number of aromatic nitrogens is 3. The van der Waals surface area contributed by atoms with E-state index >= 15 is 0 Å². The monoisotopic (exact) mass is 453 g/mol. The second-order valence-corrected chi connectivity index (χ2v) is 7.61. The van der Waals surface area contributed by atoms with E-state index in [9.17, 15) is 14.9 Å². The Hall–Kier alpha value is -4.86. The first-order chi connectivity index (χ1) is 16.5. The fraction of sp³-hybridized carbons (Fsp3) is 0.0833. The molecule has 10 nitrogen and oxygen atoms in total. The van der Waals surface area contributed by atoms with Crippen molar-refractivity contribution < 1.29 is 9.72 Å². The number of nitro benzene ring substituents is 1. The lowest BCUT2D eigenvalue weighted by Crippen LogP contribution is -2.33. The number of fused-ring (bicyclic) bond motifs is 3. The molecule has 1 atom stereocenters. The van der Waals surface area contributed by atoms with Crippen LogP contribution in [-0.2, 0) is 0 Å². The number of carbonyl (C=O) groups excluding carboxylic acids is 1. The topological polar surface area (TPSA) is 127 Å². The fourth-order valence-electron chi connectivity index (χ4n) is 3.86. The van der Waals surface area contributed by atoms with Crippen molar-refractivity contribution in [2.75, 3.05) is 5.32 Å². The number of urea groups is 1. The Balaban J connectivity index is 1.53. The largest absolute Gasteiger partial charge is 0.321 e. The molecule has 1 aliphatic rings. The number of para-hydroxylation sites is 1. The summed E-state index contributed by atoms with van der Waals surface area (Å²) in [6, 6.07) is 22.6. The second kappa shape index (κ2) is 8.58. The van der Waals surface area contributed by atoms with Gasteiger partial charge < -0.3 is 10.6 Å². The SMILES string of the molecule is Cc1nnc2n1-c1ccccc1C(c1ccccc1)=NC2NC(=O)Nc1ccc([N+](=O)[O-])cc1. The zero-order chi connectivity index (χ0) is 23.7. The molecule has 3 aromatic carbocycles. The highest BCUT2D eigenvalue weighted by atomic mass is 16.6. The molecule has 4 aromatic rings. The molecule has 1 aromatic heterocycles. The van der Waals surface area contributed by atoms with Gasteiger partial charge in [0, 0.05) is 28.9 Å². The number of rotatable bonds is 4. The lowest BCUT2D eigenvalue weighted by atomic mass is 10.0. The summed E-state index contributed by atoms with van der Waals surface area (Å²) in [6.07, 6.45) is -0.832. The molecule has 0 bridgehead atoms. The first-order valence-electron chi connectivity index (χ1n) is 10.5. The minimum absolute atomic E-state index is 0.0619. The highest BCUT2D eigenvalue weighted by molar-refractivity contribution is 6.15. The van der Waals surface area contributed by atoms with E-state index in [1.165, 1.54) is 24.3 Å². The Morgan fingerprint density at radius 3 is 2.41 bits per heavy atom. The highest BCUT2D eigenvalue weighted by Gasteiger charge is 2.29. The van der Waals surface area contributed by atoms with Crippen LogP contribution in [0.1, 0.15) is 28.9 Å². The zero-order valence-corrected chi connectivity index (χ0v) is 18.0. The zero-order valence-electron chi connectivity index (χ0n) is 18.0. The van der Waals surface area contributed by atoms with Crippen molar-refractivity contribution in [3.8, 4) is 5.69 Å². The van der Waals surface area contributed by atoms with Crippen LogP contribution >= 0.6 is 0 Å². The van der Waals surface area contributed by atoms with Gasteiger partial charge in [0.05, 0.1) is 16.3 Å². The molecule has 168 valence electrons. The number of nitro groups is 1. The van der Waals surface area contributed by atoms with Gasteiger partial charge in [-0.25, -0.2) is 4.79 Å². The summed E-state index contributed by atoms with van der Waals surface area (Å²) >= 11 is 0. The van der Waals surface area contributed by atoms with Gasteiger partial charge in [0.2, 0.25) is 0 Å². The van der Waals surface area contributed by atoms with Gasteiger partial charge in [0.15, 0.2) is 12.0 Å². The van der Waals surface area contributed by atoms with Crippen LogP contribution in [0.2, 0.25) is 0 Å². The molecule has 0 spiro atoms. The van der Waals surface area contributed by atoms with Crippen LogP contribution in [0, 0.1) is 17.0 Å². The third-order valence-electron chi connectivity index (χ3n) is 5.40. The van der Waals surface area contributed by atoms with Gasteiger partial charge in [-0.2, -0.15) is 0 Å². The van der Waals surface area contributed by atoms with Gasteiger partial charge in [0.25, 0.3) is 5.69 Å². The van der Waals surface area contributed by atoms with E-state index in [-0.39, 0.29) is 5.69 Å². The van der Waals surface area contributed by atoms with Crippen molar-refractivity contribution in [2.45, 2.75) is 13.1 Å². The van der Waals surface area contributed by atoms with Crippen LogP contribution in [0.5, 0.6) is 0 Å². The molecule has 2 heterocycles. The predicted octanol–water partition coefficient (Wildman–Crippen LogP) is 4.16. The number of aliphatic imine (C=N–C) groups is 1. The van der Waals surface area contributed by atoms with E-state index in [4.69, 9.17) is 4.99 Å². The summed E-state index contributed by atoms with van der Waals surface area (Å²) in [4.78, 5) is 28.1. The van der Waals surface area contributed by atoms with E-state index in [1.54, 1.807) is 0 Å². The first-order valence-corrected chi connectivity index (χ1v) is 10.5. The molecule has 2 N–H and O–H groups in total. The van der Waals surface area contributed by atoms with Crippen LogP contribution in [-0.4, -0.2) is 31.4 Å². The average molecular weight is 453 g/mol. The summed E-state index contributed by atoms with van der Waals surface area (Å²) in [5, 5.41) is 24.9. The Labute approximate surface area is 194 Å². The highest BCUT2D eigenvalue weighted by Crippen LogP contribution is 2.29. The Kier molecular flexibility index (Phi) is 5.30. The molecule has 0 radical (unpaired) electrons. The number of aryl methyl sites for hydroxylation is 1. The van der Waals surface area contributed by atoms with Gasteiger partial charge in [0.1, 0.15) is 5.82 Å². The lowest BCUT2D eigenvalue weighted by Gasteiger charge is -2.15. The second-order valence-electron chi connectivity index (χ2n) is 7.61. The minimum Gasteiger partial charge on any atom is -0.309 e. The van der Waals surface area contributed by atoms with Crippen LogP contribution in [0.15, 0.2) is 83.9 Å². The number of carbonyl (C=O) groups is 1. The summed E-state index contributed by atoms with van der Waals surface area (Å²) < 4.78 is 1.88. The number of nitrogens with one attached hydrogen (secondary N) is 2. The van der Waals surface area contributed by atoms with Crippen molar-refractivity contribution in [3.05, 3.63) is 112 Å². The normalized spacial score (nSPS) is 14.3. The maximum absolute atomic E-state index is 12.9. The number of hydrogen-bond acceptors (Lipinski definition) is 6. The average Bonchev–Trinajstić information content (AvgIpc) is 3.17. The number of nitrogens with zero attached hydrogens (tertiary/aromatic N) is 5. The van der Waals surface area contributed by atoms with Gasteiger partial charge >= 0.3 is 6.03 Å². The quantitative estimate of drug-likeness (QED) is 0.354. The third kappa shape index (κ3) is 3.88. The van der Waals surface area contributed by atoms with E-state index < -0.39 is 17.1 Å². The molecule has 0 saturated heterocycles. The van der Waals surface area contributed by atoms with E-state index in [0.717, 1.165) is 16.8 Å². The molecule has 10 heteroatoms. The molecule has 0 saturated carbocycles. The van der Waals surface area contributed by atoms with Crippen molar-refractivity contribution in [3.63, 3.8) is 0 Å². The molecular formula is C24H19N7O3. The summed E-state index contributed by atoms with van der Waals surface area (Å²) in [5.41, 5.74) is 3.70. The Morgan fingerprint density at radius 2 is 1.68 bits per heavy atom. The first kappa shape index (κ1) is 21.0. The Bertz CT molecular complexity index is 1410. The standard InChI is InChI=1S/C24H19N7O3/c1-15-28-29-23-22(27-24(32)25-17-11-13-18(14-12-17)31(33)34)26-21(16-7-3-2-4-8-16)19-9-5-6-10-20(19)30(15)23/h2-14,22H,1H3,(H2,25,27,32). The summed E-state index contributed by atoms with van der Waals surface area (Å²) in [5.74, 6) is 1.13. The third-order valence-corrected chi connectivity index (χ3v) is 5.40.